The summed E-state index contributed by atoms with van der Waals surface area (Å²) in [6.07, 6.45) is 1.95. The van der Waals surface area contributed by atoms with E-state index in [0.29, 0.717) is 4.99 Å². The van der Waals surface area contributed by atoms with Crippen LogP contribution in [-0.4, -0.2) is 29.5 Å². The fourth-order valence-electron chi connectivity index (χ4n) is 1.42. The largest absolute Gasteiger partial charge is 0.393 e. The van der Waals surface area contributed by atoms with Crippen molar-refractivity contribution >= 4 is 28.5 Å². The summed E-state index contributed by atoms with van der Waals surface area (Å²) in [5.74, 6) is 0. The van der Waals surface area contributed by atoms with Crippen LogP contribution >= 0.6 is 23.6 Å². The summed E-state index contributed by atoms with van der Waals surface area (Å²) < 4.78 is 0. The van der Waals surface area contributed by atoms with Gasteiger partial charge in [0.25, 0.3) is 0 Å². The van der Waals surface area contributed by atoms with Gasteiger partial charge in [-0.05, 0) is 24.4 Å². The Morgan fingerprint density at radius 3 is 2.87 bits per heavy atom. The van der Waals surface area contributed by atoms with Gasteiger partial charge >= 0.3 is 0 Å². The van der Waals surface area contributed by atoms with Gasteiger partial charge in [-0.25, -0.2) is 0 Å². The number of nitrogens with two attached hydrogens (primary N) is 1. The van der Waals surface area contributed by atoms with Crippen LogP contribution in [-0.2, 0) is 6.42 Å². The van der Waals surface area contributed by atoms with E-state index < -0.39 is 0 Å². The SMILES string of the molecule is CCN(CCC(N)=S)CCc1cccs1. The minimum atomic E-state index is 0.615. The molecule has 0 fully saturated rings. The Kier molecular flexibility index (Phi) is 5.83. The van der Waals surface area contributed by atoms with Crippen LogP contribution in [0.1, 0.15) is 18.2 Å². The van der Waals surface area contributed by atoms with E-state index in [0.717, 1.165) is 32.5 Å². The van der Waals surface area contributed by atoms with Crippen molar-refractivity contribution < 1.29 is 0 Å². The fourth-order valence-corrected chi connectivity index (χ4v) is 2.21. The Bertz CT molecular complexity index is 283. The maximum Gasteiger partial charge on any atom is 0.0740 e. The Morgan fingerprint density at radius 1 is 1.53 bits per heavy atom. The molecule has 0 atom stereocenters. The molecule has 0 aromatic carbocycles. The lowest BCUT2D eigenvalue weighted by molar-refractivity contribution is 0.301. The lowest BCUT2D eigenvalue weighted by Gasteiger charge is -2.19. The third-order valence-corrected chi connectivity index (χ3v) is 3.52. The lowest BCUT2D eigenvalue weighted by atomic mass is 10.3. The molecule has 0 radical (unpaired) electrons. The predicted molar refractivity (Wildman–Crippen MR) is 71.5 cm³/mol. The van der Waals surface area contributed by atoms with Crippen molar-refractivity contribution in [3.63, 3.8) is 0 Å². The second-order valence-corrected chi connectivity index (χ2v) is 5.04. The molecule has 1 heterocycles. The van der Waals surface area contributed by atoms with E-state index in [4.69, 9.17) is 18.0 Å². The van der Waals surface area contributed by atoms with Gasteiger partial charge in [0.15, 0.2) is 0 Å². The van der Waals surface area contributed by atoms with Crippen molar-refractivity contribution in [3.05, 3.63) is 22.4 Å². The number of nitrogens with zero attached hydrogens (tertiary/aromatic N) is 1. The van der Waals surface area contributed by atoms with Gasteiger partial charge < -0.3 is 10.6 Å². The zero-order chi connectivity index (χ0) is 11.1. The monoisotopic (exact) mass is 242 g/mol. The third kappa shape index (κ3) is 5.25. The Labute approximate surface area is 101 Å². The van der Waals surface area contributed by atoms with Crippen LogP contribution in [0.5, 0.6) is 0 Å². The molecule has 0 saturated heterocycles. The highest BCUT2D eigenvalue weighted by molar-refractivity contribution is 7.80. The van der Waals surface area contributed by atoms with Crippen molar-refractivity contribution in [1.82, 2.24) is 4.90 Å². The molecule has 4 heteroatoms. The van der Waals surface area contributed by atoms with E-state index in [1.807, 2.05) is 11.3 Å². The smallest absolute Gasteiger partial charge is 0.0740 e. The number of thiocarbonyl (C=S) groups is 1. The number of rotatable bonds is 7. The van der Waals surface area contributed by atoms with Crippen LogP contribution in [0.25, 0.3) is 0 Å². The minimum Gasteiger partial charge on any atom is -0.393 e. The van der Waals surface area contributed by atoms with E-state index in [-0.39, 0.29) is 0 Å². The van der Waals surface area contributed by atoms with Gasteiger partial charge in [0.2, 0.25) is 0 Å². The zero-order valence-corrected chi connectivity index (χ0v) is 10.7. The van der Waals surface area contributed by atoms with Crippen LogP contribution in [0.2, 0.25) is 0 Å². The molecule has 0 spiro atoms. The lowest BCUT2D eigenvalue weighted by Crippen LogP contribution is -2.29. The average molecular weight is 242 g/mol. The summed E-state index contributed by atoms with van der Waals surface area (Å²) in [5, 5.41) is 2.13. The molecule has 0 amide bonds. The molecule has 1 aromatic heterocycles. The van der Waals surface area contributed by atoms with Crippen molar-refractivity contribution in [1.29, 1.82) is 0 Å². The Hall–Kier alpha value is -0.450. The van der Waals surface area contributed by atoms with Crippen LogP contribution in [0.4, 0.5) is 0 Å². The molecule has 84 valence electrons. The zero-order valence-electron chi connectivity index (χ0n) is 9.11. The highest BCUT2D eigenvalue weighted by Gasteiger charge is 2.03. The topological polar surface area (TPSA) is 29.3 Å². The normalized spacial score (nSPS) is 10.8. The third-order valence-electron chi connectivity index (χ3n) is 2.38. The van der Waals surface area contributed by atoms with Gasteiger partial charge in [0.1, 0.15) is 0 Å². The van der Waals surface area contributed by atoms with Crippen molar-refractivity contribution in [2.75, 3.05) is 19.6 Å². The molecule has 0 saturated carbocycles. The Morgan fingerprint density at radius 2 is 2.33 bits per heavy atom. The van der Waals surface area contributed by atoms with Gasteiger partial charge in [0.05, 0.1) is 4.99 Å². The molecular formula is C11H18N2S2. The van der Waals surface area contributed by atoms with Crippen LogP contribution in [0.15, 0.2) is 17.5 Å². The summed E-state index contributed by atoms with van der Waals surface area (Å²) in [6, 6.07) is 4.29. The second-order valence-electron chi connectivity index (χ2n) is 3.48. The van der Waals surface area contributed by atoms with Crippen molar-refractivity contribution in [2.24, 2.45) is 5.73 Å². The standard InChI is InChI=1S/C11H18N2S2/c1-2-13(8-6-11(12)14)7-5-10-4-3-9-15-10/h3-4,9H,2,5-8H2,1H3,(H2,12,14). The number of hydrogen-bond donors (Lipinski definition) is 1. The van der Waals surface area contributed by atoms with Crippen LogP contribution < -0.4 is 5.73 Å². The van der Waals surface area contributed by atoms with Gasteiger partial charge in [-0.1, -0.05) is 25.2 Å². The molecule has 0 bridgehead atoms. The van der Waals surface area contributed by atoms with E-state index in [2.05, 4.69) is 29.3 Å². The van der Waals surface area contributed by atoms with E-state index in [9.17, 15) is 0 Å². The predicted octanol–water partition coefficient (Wildman–Crippen LogP) is 2.29. The van der Waals surface area contributed by atoms with E-state index in [1.165, 1.54) is 4.88 Å². The first kappa shape index (κ1) is 12.6. The van der Waals surface area contributed by atoms with Crippen LogP contribution in [0, 0.1) is 0 Å². The molecular weight excluding hydrogens is 224 g/mol. The van der Waals surface area contributed by atoms with Gasteiger partial charge in [-0.15, -0.1) is 11.3 Å². The highest BCUT2D eigenvalue weighted by Crippen LogP contribution is 2.09. The minimum absolute atomic E-state index is 0.615. The summed E-state index contributed by atoms with van der Waals surface area (Å²) in [6.45, 7) is 5.32. The number of hydrogen-bond acceptors (Lipinski definition) is 3. The second kappa shape index (κ2) is 6.93. The molecule has 1 rings (SSSR count). The molecule has 0 unspecified atom stereocenters. The first-order valence-corrected chi connectivity index (χ1v) is 6.54. The molecule has 0 aliphatic heterocycles. The fraction of sp³-hybridized carbons (Fsp3) is 0.545. The highest BCUT2D eigenvalue weighted by atomic mass is 32.1. The first-order chi connectivity index (χ1) is 7.22. The first-order valence-electron chi connectivity index (χ1n) is 5.25. The van der Waals surface area contributed by atoms with Crippen molar-refractivity contribution in [2.45, 2.75) is 19.8 Å². The summed E-state index contributed by atoms with van der Waals surface area (Å²) >= 11 is 6.70. The maximum atomic E-state index is 5.49. The van der Waals surface area contributed by atoms with Gasteiger partial charge in [0, 0.05) is 24.4 Å². The molecule has 0 aliphatic carbocycles. The molecule has 2 N–H and O–H groups in total. The van der Waals surface area contributed by atoms with Gasteiger partial charge in [-0.2, -0.15) is 0 Å². The quantitative estimate of drug-likeness (QED) is 0.744. The summed E-state index contributed by atoms with van der Waals surface area (Å²) in [4.78, 5) is 4.45. The van der Waals surface area contributed by atoms with Crippen LogP contribution in [0.3, 0.4) is 0 Å². The van der Waals surface area contributed by atoms with Crippen molar-refractivity contribution in [3.8, 4) is 0 Å². The number of likely N-dealkylation sites (N-methyl/N-ethyl adjacent to an activating group) is 1. The van der Waals surface area contributed by atoms with Gasteiger partial charge in [-0.3, -0.25) is 0 Å². The summed E-state index contributed by atoms with van der Waals surface area (Å²) in [7, 11) is 0. The molecule has 1 aromatic rings. The molecule has 0 aliphatic rings. The molecule has 15 heavy (non-hydrogen) atoms. The molecule has 2 nitrogen and oxygen atoms in total. The Balaban J connectivity index is 2.24. The van der Waals surface area contributed by atoms with E-state index >= 15 is 0 Å². The maximum absolute atomic E-state index is 5.49. The van der Waals surface area contributed by atoms with E-state index in [1.54, 1.807) is 0 Å². The average Bonchev–Trinajstić information content (AvgIpc) is 2.70. The summed E-state index contributed by atoms with van der Waals surface area (Å²) in [5.41, 5.74) is 5.49. The number of thiophene rings is 1.